The van der Waals surface area contributed by atoms with Crippen LogP contribution >= 0.6 is 0 Å². The summed E-state index contributed by atoms with van der Waals surface area (Å²) in [5, 5.41) is 3.05. The first-order valence-corrected chi connectivity index (χ1v) is 8.78. The first kappa shape index (κ1) is 17.1. The van der Waals surface area contributed by atoms with Crippen molar-refractivity contribution in [2.24, 2.45) is 17.3 Å². The van der Waals surface area contributed by atoms with Gasteiger partial charge in [0.2, 0.25) is 0 Å². The minimum absolute atomic E-state index is 0.0427. The van der Waals surface area contributed by atoms with E-state index in [9.17, 15) is 4.79 Å². The third-order valence-electron chi connectivity index (χ3n) is 5.61. The van der Waals surface area contributed by atoms with Gasteiger partial charge < -0.3 is 19.9 Å². The Bertz CT molecular complexity index is 586. The Morgan fingerprint density at radius 3 is 2.62 bits per heavy atom. The number of urea groups is 1. The number of amides is 2. The zero-order valence-electron chi connectivity index (χ0n) is 15.2. The summed E-state index contributed by atoms with van der Waals surface area (Å²) >= 11 is 0. The Morgan fingerprint density at radius 1 is 1.29 bits per heavy atom. The van der Waals surface area contributed by atoms with Gasteiger partial charge in [0, 0.05) is 31.7 Å². The first-order chi connectivity index (χ1) is 11.4. The maximum atomic E-state index is 12.4. The van der Waals surface area contributed by atoms with Crippen molar-refractivity contribution >= 4 is 6.03 Å². The average Bonchev–Trinajstić information content (AvgIpc) is 2.91. The summed E-state index contributed by atoms with van der Waals surface area (Å²) < 4.78 is 5.85. The van der Waals surface area contributed by atoms with Gasteiger partial charge in [-0.2, -0.15) is 0 Å². The van der Waals surface area contributed by atoms with Gasteiger partial charge in [-0.05, 0) is 37.4 Å². The highest BCUT2D eigenvalue weighted by Gasteiger charge is 2.62. The van der Waals surface area contributed by atoms with Gasteiger partial charge in [-0.15, -0.1) is 0 Å². The van der Waals surface area contributed by atoms with E-state index in [4.69, 9.17) is 4.74 Å². The van der Waals surface area contributed by atoms with Crippen LogP contribution in [0.5, 0.6) is 5.75 Å². The number of piperidine rings is 1. The highest BCUT2D eigenvalue weighted by atomic mass is 16.5. The van der Waals surface area contributed by atoms with Crippen molar-refractivity contribution in [1.29, 1.82) is 0 Å². The number of carbonyl (C=O) groups is 1. The van der Waals surface area contributed by atoms with Crippen molar-refractivity contribution in [2.45, 2.75) is 20.4 Å². The average molecular weight is 331 g/mol. The summed E-state index contributed by atoms with van der Waals surface area (Å²) in [6.45, 7) is 8.41. The van der Waals surface area contributed by atoms with Crippen molar-refractivity contribution in [3.63, 3.8) is 0 Å². The number of benzene rings is 1. The van der Waals surface area contributed by atoms with Crippen LogP contribution in [0.1, 0.15) is 19.4 Å². The van der Waals surface area contributed by atoms with E-state index in [-0.39, 0.29) is 6.03 Å². The Morgan fingerprint density at radius 2 is 1.96 bits per heavy atom. The molecule has 3 rings (SSSR count). The van der Waals surface area contributed by atoms with Crippen molar-refractivity contribution in [2.75, 3.05) is 40.3 Å². The zero-order valence-corrected chi connectivity index (χ0v) is 15.2. The number of carbonyl (C=O) groups excluding carboxylic acids is 1. The van der Waals surface area contributed by atoms with Crippen LogP contribution in [0.15, 0.2) is 24.3 Å². The number of hydrogen-bond acceptors (Lipinski definition) is 3. The number of likely N-dealkylation sites (tertiary alicyclic amines) is 1. The molecule has 1 saturated heterocycles. The number of para-hydroxylation sites is 1. The third kappa shape index (κ3) is 3.51. The van der Waals surface area contributed by atoms with Crippen molar-refractivity contribution < 1.29 is 9.53 Å². The quantitative estimate of drug-likeness (QED) is 0.871. The fourth-order valence-electron chi connectivity index (χ4n) is 3.71. The van der Waals surface area contributed by atoms with Crippen LogP contribution in [0.4, 0.5) is 4.79 Å². The molecule has 1 saturated carbocycles. The Hall–Kier alpha value is -1.75. The van der Waals surface area contributed by atoms with E-state index >= 15 is 0 Å². The molecule has 1 aromatic rings. The molecule has 0 radical (unpaired) electrons. The van der Waals surface area contributed by atoms with E-state index in [1.54, 1.807) is 0 Å². The second kappa shape index (κ2) is 6.63. The summed E-state index contributed by atoms with van der Waals surface area (Å²) in [6.07, 6.45) is 0. The summed E-state index contributed by atoms with van der Waals surface area (Å²) in [6, 6.07) is 7.96. The molecule has 24 heavy (non-hydrogen) atoms. The van der Waals surface area contributed by atoms with Gasteiger partial charge in [0.1, 0.15) is 12.4 Å². The lowest BCUT2D eigenvalue weighted by Gasteiger charge is -2.22. The Kier molecular flexibility index (Phi) is 4.72. The van der Waals surface area contributed by atoms with E-state index in [0.29, 0.717) is 30.4 Å². The molecule has 1 N–H and O–H groups in total. The molecule has 132 valence electrons. The lowest BCUT2D eigenvalue weighted by Crippen LogP contribution is -2.40. The lowest BCUT2D eigenvalue weighted by molar-refractivity contribution is 0.195. The normalized spacial score (nSPS) is 24.0. The van der Waals surface area contributed by atoms with Gasteiger partial charge in [0.15, 0.2) is 0 Å². The molecular weight excluding hydrogens is 302 g/mol. The zero-order chi connectivity index (χ0) is 17.3. The molecule has 0 bridgehead atoms. The SMILES string of the molecule is CN(C)CCOc1ccccc1CNC(=O)N1C[C@H]2[C@H](C1)C2(C)C. The number of hydrogen-bond donors (Lipinski definition) is 1. The van der Waals surface area contributed by atoms with Crippen molar-refractivity contribution in [3.05, 3.63) is 29.8 Å². The molecule has 2 aliphatic rings. The molecule has 1 aliphatic carbocycles. The molecule has 5 heteroatoms. The fourth-order valence-corrected chi connectivity index (χ4v) is 3.71. The molecule has 2 amide bonds. The molecule has 0 unspecified atom stereocenters. The second-order valence-electron chi connectivity index (χ2n) is 7.86. The molecule has 0 spiro atoms. The van der Waals surface area contributed by atoms with E-state index < -0.39 is 0 Å². The van der Waals surface area contributed by atoms with Crippen LogP contribution in [-0.2, 0) is 6.54 Å². The highest BCUT2D eigenvalue weighted by molar-refractivity contribution is 5.75. The highest BCUT2D eigenvalue weighted by Crippen LogP contribution is 2.61. The number of ether oxygens (including phenoxy) is 1. The van der Waals surface area contributed by atoms with E-state index in [2.05, 4.69) is 24.1 Å². The van der Waals surface area contributed by atoms with Gasteiger partial charge >= 0.3 is 6.03 Å². The van der Waals surface area contributed by atoms with E-state index in [1.807, 2.05) is 43.3 Å². The van der Waals surface area contributed by atoms with Gasteiger partial charge in [-0.3, -0.25) is 0 Å². The minimum atomic E-state index is 0.0427. The van der Waals surface area contributed by atoms with Gasteiger partial charge in [-0.25, -0.2) is 4.79 Å². The topological polar surface area (TPSA) is 44.8 Å². The van der Waals surface area contributed by atoms with Gasteiger partial charge in [0.25, 0.3) is 0 Å². The lowest BCUT2D eigenvalue weighted by atomic mass is 10.1. The van der Waals surface area contributed by atoms with Crippen LogP contribution < -0.4 is 10.1 Å². The molecule has 2 atom stereocenters. The monoisotopic (exact) mass is 331 g/mol. The summed E-state index contributed by atoms with van der Waals surface area (Å²) in [7, 11) is 4.05. The maximum Gasteiger partial charge on any atom is 0.317 e. The van der Waals surface area contributed by atoms with Crippen LogP contribution in [-0.4, -0.2) is 56.2 Å². The van der Waals surface area contributed by atoms with Crippen LogP contribution in [0.2, 0.25) is 0 Å². The summed E-state index contributed by atoms with van der Waals surface area (Å²) in [5.74, 6) is 2.22. The van der Waals surface area contributed by atoms with Gasteiger partial charge in [0.05, 0.1) is 0 Å². The van der Waals surface area contributed by atoms with Crippen LogP contribution in [0.3, 0.4) is 0 Å². The molecule has 1 aliphatic heterocycles. The smallest absolute Gasteiger partial charge is 0.317 e. The van der Waals surface area contributed by atoms with Crippen molar-refractivity contribution in [3.8, 4) is 5.75 Å². The fraction of sp³-hybridized carbons (Fsp3) is 0.632. The molecule has 5 nitrogen and oxygen atoms in total. The molecule has 2 fully saturated rings. The largest absolute Gasteiger partial charge is 0.492 e. The number of nitrogens with zero attached hydrogens (tertiary/aromatic N) is 2. The maximum absolute atomic E-state index is 12.4. The van der Waals surface area contributed by atoms with Crippen molar-refractivity contribution in [1.82, 2.24) is 15.1 Å². The van der Waals surface area contributed by atoms with E-state index in [0.717, 1.165) is 30.9 Å². The third-order valence-corrected chi connectivity index (χ3v) is 5.61. The second-order valence-corrected chi connectivity index (χ2v) is 7.86. The predicted molar refractivity (Wildman–Crippen MR) is 95.1 cm³/mol. The summed E-state index contributed by atoms with van der Waals surface area (Å²) in [5.41, 5.74) is 1.46. The number of nitrogens with one attached hydrogen (secondary N) is 1. The molecule has 1 heterocycles. The van der Waals surface area contributed by atoms with Crippen LogP contribution in [0.25, 0.3) is 0 Å². The van der Waals surface area contributed by atoms with E-state index in [1.165, 1.54) is 0 Å². The molecule has 1 aromatic carbocycles. The number of fused-ring (bicyclic) bond motifs is 1. The van der Waals surface area contributed by atoms with Gasteiger partial charge in [-0.1, -0.05) is 32.0 Å². The number of likely N-dealkylation sites (N-methyl/N-ethyl adjacent to an activating group) is 1. The van der Waals surface area contributed by atoms with Crippen LogP contribution in [0, 0.1) is 17.3 Å². The predicted octanol–water partition coefficient (Wildman–Crippen LogP) is 2.42. The summed E-state index contributed by atoms with van der Waals surface area (Å²) in [4.78, 5) is 16.4. The standard InChI is InChI=1S/C19H29N3O2/c1-19(2)15-12-22(13-16(15)19)18(23)20-11-14-7-5-6-8-17(14)24-10-9-21(3)4/h5-8,15-16H,9-13H2,1-4H3,(H,20,23)/t15-,16-/m0/s1. The number of rotatable bonds is 6. The molecular formula is C19H29N3O2. The minimum Gasteiger partial charge on any atom is -0.492 e. The first-order valence-electron chi connectivity index (χ1n) is 8.78. The Balaban J connectivity index is 1.49. The molecule has 0 aromatic heterocycles. The Labute approximate surface area is 145 Å².